The van der Waals surface area contributed by atoms with Gasteiger partial charge >= 0.3 is 6.36 Å². The van der Waals surface area contributed by atoms with Crippen LogP contribution in [-0.4, -0.2) is 193 Å². The molecule has 0 amide bonds. The minimum Gasteiger partial charge on any atom is -0.471 e. The van der Waals surface area contributed by atoms with Gasteiger partial charge in [0.15, 0.2) is 0 Å². The van der Waals surface area contributed by atoms with Gasteiger partial charge in [0.25, 0.3) is 0 Å². The second kappa shape index (κ2) is 53.0. The Kier molecular flexibility index (Phi) is 41.6. The number of aromatic nitrogens is 10. The number of likely N-dealkylation sites (tertiary alicyclic amines) is 5. The predicted octanol–water partition coefficient (Wildman–Crippen LogP) is 23.6. The van der Waals surface area contributed by atoms with E-state index in [0.717, 1.165) is 194 Å². The first kappa shape index (κ1) is 109. The van der Waals surface area contributed by atoms with Crippen LogP contribution in [0.1, 0.15) is 250 Å². The number of aryl methyl sites for hydroxylation is 1. The fraction of sp³-hybridized carbons (Fsp3) is 0.532. The van der Waals surface area contributed by atoms with E-state index in [1.54, 1.807) is 86.2 Å². The lowest BCUT2D eigenvalue weighted by molar-refractivity contribution is -0.355. The molecule has 10 heterocycles. The summed E-state index contributed by atoms with van der Waals surface area (Å²) >= 11 is 6.23. The lowest BCUT2D eigenvalue weighted by Crippen LogP contribution is -2.40. The van der Waals surface area contributed by atoms with Crippen LogP contribution in [0.25, 0.3) is 18.2 Å². The fourth-order valence-corrected chi connectivity index (χ4v) is 17.2. The molecule has 0 bridgehead atoms. The van der Waals surface area contributed by atoms with Crippen LogP contribution in [0.5, 0.6) is 29.4 Å². The number of benzene rings is 4. The summed E-state index contributed by atoms with van der Waals surface area (Å²) in [5, 5.41) is 0.806. The molecule has 5 saturated heterocycles. The van der Waals surface area contributed by atoms with Crippen LogP contribution in [-0.2, 0) is 42.2 Å². The van der Waals surface area contributed by atoms with Crippen molar-refractivity contribution in [2.24, 2.45) is 29.6 Å². The Morgan fingerprint density at radius 3 is 1.09 bits per heavy atom. The highest BCUT2D eigenvalue weighted by molar-refractivity contribution is 6.32. The monoisotopic (exact) mass is 1930 g/mol. The van der Waals surface area contributed by atoms with Gasteiger partial charge in [-0.05, 0) is 330 Å². The Labute approximate surface area is 827 Å². The maximum Gasteiger partial charge on any atom is 0.522 e. The topological polar surface area (TPSA) is 210 Å². The molecule has 6 fully saturated rings. The Hall–Kier alpha value is -10.3. The molecule has 0 N–H and O–H groups in total. The van der Waals surface area contributed by atoms with Crippen LogP contribution in [0.15, 0.2) is 177 Å². The van der Waals surface area contributed by atoms with Crippen molar-refractivity contribution in [3.63, 3.8) is 0 Å². The van der Waals surface area contributed by atoms with Crippen LogP contribution in [0.3, 0.4) is 0 Å². The van der Waals surface area contributed by atoms with Gasteiger partial charge in [0.1, 0.15) is 68.1 Å². The first-order chi connectivity index (χ1) is 66.2. The molecule has 0 spiro atoms. The van der Waals surface area contributed by atoms with E-state index in [4.69, 9.17) is 40.0 Å². The molecule has 139 heavy (non-hydrogen) atoms. The van der Waals surface area contributed by atoms with Gasteiger partial charge in [-0.25, -0.2) is 33.7 Å². The van der Waals surface area contributed by atoms with Crippen molar-refractivity contribution in [1.82, 2.24) is 74.3 Å². The van der Waals surface area contributed by atoms with Crippen molar-refractivity contribution >= 4 is 29.8 Å². The van der Waals surface area contributed by atoms with Gasteiger partial charge in [0, 0.05) is 112 Å². The third kappa shape index (κ3) is 40.3. The number of hydrogen-bond acceptors (Lipinski definition) is 22. The molecule has 2 atom stereocenters. The number of rotatable bonds is 25. The minimum atomic E-state index is -4.61. The largest absolute Gasteiger partial charge is 0.522 e. The maximum atomic E-state index is 13.7. The van der Waals surface area contributed by atoms with Crippen molar-refractivity contribution in [3.05, 3.63) is 250 Å². The molecule has 2 unspecified atom stereocenters. The van der Waals surface area contributed by atoms with Gasteiger partial charge in [0.2, 0.25) is 29.4 Å². The Morgan fingerprint density at radius 2 is 0.712 bits per heavy atom. The molecule has 28 heteroatoms. The second-order valence-electron chi connectivity index (χ2n) is 41.7. The maximum absolute atomic E-state index is 13.7. The molecular formula is C111H147ClF5N15O7. The van der Waals surface area contributed by atoms with Crippen molar-refractivity contribution in [2.75, 3.05) is 72.1 Å². The van der Waals surface area contributed by atoms with Crippen LogP contribution < -0.4 is 23.7 Å². The molecule has 5 aromatic heterocycles. The predicted molar refractivity (Wildman–Crippen MR) is 541 cm³/mol. The standard InChI is InChI=1S/C23H31N3O.C22H28ClN3O.C22H34F3N3O3.C22H28FN3O.C22H26FN3O/c1-18-7-5-6-8-20(18)10-9-19-11-15-26(16-12-19)17-21-22(25-14-13-24-21)27-23(2,3)4;1-22(2,3)27-21-20(24-12-13-25-21)16-26-14-10-17(11-15-26)8-9-18-6-4-5-7-19(18)23;1-21(2,3)31-20-17(26-10-11-27-20)14-28-12-8-16(9-13-28)15-29-18-6-4-5-7-19(18)30-22(23,24)25;1-22(2,3)27-21-20(24-11-12-25-21)16-26-13-9-17(10-14-26)7-8-18-5-4-6-19(23)15-18;1-22(2,3)27-21-20(24-12-13-25-21)16-26-14-10-17(11-15-26)8-9-18-6-4-5-7-19(18)23/h5-10,13-14,19H,11-12,15-17H2,1-4H3;4-9,12-13,17H,10-11,14-16H2,1-3H3;10-11,16,18-19H,4-9,12-15H2,1-3H3;4-8,11-12,15,17H,9-10,13-14,16H2,1-3H3;4-7,12-13,17H,10-11,14-16H2,1-3H3/b10-9+;9-8+;;8-7+;. The Bertz CT molecular complexity index is 5240. The fourth-order valence-electron chi connectivity index (χ4n) is 17.0. The normalized spacial score (nSPS) is 18.3. The molecule has 1 saturated carbocycles. The zero-order chi connectivity index (χ0) is 99.6. The van der Waals surface area contributed by atoms with Gasteiger partial charge in [-0.2, -0.15) is 0 Å². The van der Waals surface area contributed by atoms with Crippen molar-refractivity contribution in [2.45, 2.75) is 280 Å². The third-order valence-corrected chi connectivity index (χ3v) is 24.5. The molecule has 4 aromatic carbocycles. The summed E-state index contributed by atoms with van der Waals surface area (Å²) in [6.45, 7) is 46.4. The Balaban J connectivity index is 0.000000167. The summed E-state index contributed by atoms with van der Waals surface area (Å²) in [6.07, 6.45) is 37.6. The van der Waals surface area contributed by atoms with Crippen LogP contribution in [0, 0.1) is 60.0 Å². The lowest BCUT2D eigenvalue weighted by atomic mass is 9.93. The Morgan fingerprint density at radius 1 is 0.374 bits per heavy atom. The number of allylic oxidation sites excluding steroid dienone is 3. The lowest BCUT2D eigenvalue weighted by Gasteiger charge is -2.35. The van der Waals surface area contributed by atoms with Crippen molar-refractivity contribution < 1.29 is 55.1 Å². The van der Waals surface area contributed by atoms with E-state index in [1.807, 2.05) is 140 Å². The van der Waals surface area contributed by atoms with E-state index in [0.29, 0.717) is 97.1 Å². The minimum absolute atomic E-state index is 0.191. The molecular weight excluding hydrogens is 1790 g/mol. The van der Waals surface area contributed by atoms with Crippen LogP contribution in [0.4, 0.5) is 22.0 Å². The van der Waals surface area contributed by atoms with E-state index in [2.05, 4.69) is 159 Å². The first-order valence-electron chi connectivity index (χ1n) is 49.5. The zero-order valence-electron chi connectivity index (χ0n) is 84.6. The van der Waals surface area contributed by atoms with Crippen LogP contribution in [0.2, 0.25) is 5.02 Å². The third-order valence-electron chi connectivity index (χ3n) is 24.1. The molecule has 22 nitrogen and oxygen atoms in total. The number of halogens is 6. The first-order valence-corrected chi connectivity index (χ1v) is 49.9. The van der Waals surface area contributed by atoms with Gasteiger partial charge in [-0.3, -0.25) is 54.2 Å². The average Bonchev–Trinajstić information content (AvgIpc) is 0.860. The highest BCUT2D eigenvalue weighted by Gasteiger charge is 2.40. The highest BCUT2D eigenvalue weighted by Crippen LogP contribution is 2.35. The average molecular weight is 1930 g/mol. The number of ether oxygens (including phenoxy) is 7. The summed E-state index contributed by atoms with van der Waals surface area (Å²) in [4.78, 5) is 56.2. The summed E-state index contributed by atoms with van der Waals surface area (Å²) < 4.78 is 105. The van der Waals surface area contributed by atoms with Crippen molar-refractivity contribution in [3.8, 4) is 41.2 Å². The van der Waals surface area contributed by atoms with Crippen LogP contribution >= 0.6 is 11.6 Å². The second-order valence-corrected chi connectivity index (χ2v) is 42.1. The molecule has 750 valence electrons. The summed E-state index contributed by atoms with van der Waals surface area (Å²) in [6, 6.07) is 29.9. The smallest absolute Gasteiger partial charge is 0.471 e. The molecule has 15 rings (SSSR count). The number of hydrogen-bond donors (Lipinski definition) is 0. The summed E-state index contributed by atoms with van der Waals surface area (Å²) in [5.41, 5.74) is 8.07. The van der Waals surface area contributed by atoms with Gasteiger partial charge in [0.05, 0.1) is 17.8 Å². The van der Waals surface area contributed by atoms with E-state index < -0.39 is 18.6 Å². The van der Waals surface area contributed by atoms with Crippen molar-refractivity contribution in [1.29, 1.82) is 0 Å². The van der Waals surface area contributed by atoms with E-state index in [9.17, 15) is 22.0 Å². The molecule has 1 aliphatic carbocycles. The number of nitrogens with zero attached hydrogens (tertiary/aromatic N) is 15. The van der Waals surface area contributed by atoms with E-state index in [-0.39, 0.29) is 39.6 Å². The SMILES string of the molecule is CC(C)(C)Oc1nccnc1CN1CCC(/C=C/c2cccc(F)c2)CC1.CC(C)(C)Oc1nccnc1CN1CCC(/C=C/c2ccccc2Cl)CC1.CC(C)(C)Oc1nccnc1CN1CCC(C#Cc2ccccc2F)CC1.CC(C)(C)Oc1nccnc1CN1CCC(COC2CCCCC2OC(F)(F)F)CC1.Cc1ccccc1/C=C/C1CCN(Cc2nccnc2OC(C)(C)C)CC1. The molecule has 9 aromatic rings. The van der Waals surface area contributed by atoms with E-state index >= 15 is 0 Å². The summed E-state index contributed by atoms with van der Waals surface area (Å²) in [5.74, 6) is 11.3. The number of piperidine rings is 5. The van der Waals surface area contributed by atoms with Gasteiger partial charge < -0.3 is 28.4 Å². The summed E-state index contributed by atoms with van der Waals surface area (Å²) in [7, 11) is 0. The van der Waals surface area contributed by atoms with E-state index in [1.165, 1.54) is 36.1 Å². The quantitative estimate of drug-likeness (QED) is 0.0385. The number of alkyl halides is 3. The van der Waals surface area contributed by atoms with Gasteiger partial charge in [-0.1, -0.05) is 139 Å². The zero-order valence-corrected chi connectivity index (χ0v) is 85.3. The molecule has 0 radical (unpaired) electrons. The molecule has 6 aliphatic rings. The van der Waals surface area contributed by atoms with Gasteiger partial charge in [-0.15, -0.1) is 13.2 Å². The highest BCUT2D eigenvalue weighted by atomic mass is 35.5. The molecule has 5 aliphatic heterocycles.